The standard InChI is InChI=1S/C20H38N4O3S/c1-4-21-19(23-15-20(13-16(2)3)9-5-6-10-20)22-11-7-18(25)24-17-8-12-28(26,27)14-17/h16-17H,4-15H2,1-3H3,(H,24,25)(H2,21,22,23). The Bertz CT molecular complexity index is 640. The van der Waals surface area contributed by atoms with E-state index in [1.54, 1.807) is 0 Å². The van der Waals surface area contributed by atoms with Crippen molar-refractivity contribution >= 4 is 21.7 Å². The van der Waals surface area contributed by atoms with E-state index in [1.165, 1.54) is 32.1 Å². The lowest BCUT2D eigenvalue weighted by Crippen LogP contribution is -2.41. The molecule has 1 aliphatic heterocycles. The van der Waals surface area contributed by atoms with Crippen molar-refractivity contribution in [2.24, 2.45) is 16.3 Å². The number of aliphatic imine (C=N–C) groups is 1. The molecular formula is C20H38N4O3S. The normalized spacial score (nSPS) is 23.7. The van der Waals surface area contributed by atoms with Gasteiger partial charge < -0.3 is 16.0 Å². The first-order valence-electron chi connectivity index (χ1n) is 10.8. The molecule has 1 saturated heterocycles. The Hall–Kier alpha value is -1.31. The van der Waals surface area contributed by atoms with E-state index in [1.807, 2.05) is 6.92 Å². The molecule has 1 amide bonds. The predicted molar refractivity (Wildman–Crippen MR) is 114 cm³/mol. The van der Waals surface area contributed by atoms with Gasteiger partial charge in [-0.05, 0) is 43.9 Å². The van der Waals surface area contributed by atoms with E-state index in [0.717, 1.165) is 19.0 Å². The smallest absolute Gasteiger partial charge is 0.222 e. The molecule has 1 saturated carbocycles. The molecule has 2 rings (SSSR count). The number of hydrogen-bond acceptors (Lipinski definition) is 4. The predicted octanol–water partition coefficient (Wildman–Crippen LogP) is 1.84. The maximum atomic E-state index is 12.1. The Labute approximate surface area is 170 Å². The second kappa shape index (κ2) is 10.5. The number of nitrogens with one attached hydrogen (secondary N) is 3. The summed E-state index contributed by atoms with van der Waals surface area (Å²) in [6, 6.07) is -0.238. The van der Waals surface area contributed by atoms with E-state index in [2.05, 4.69) is 29.8 Å². The Morgan fingerprint density at radius 2 is 1.93 bits per heavy atom. The summed E-state index contributed by atoms with van der Waals surface area (Å²) in [4.78, 5) is 16.9. The van der Waals surface area contributed by atoms with Gasteiger partial charge in [-0.15, -0.1) is 0 Å². The largest absolute Gasteiger partial charge is 0.357 e. The molecule has 1 aliphatic carbocycles. The van der Waals surface area contributed by atoms with E-state index in [-0.39, 0.29) is 23.5 Å². The molecule has 2 aliphatic rings. The van der Waals surface area contributed by atoms with E-state index in [0.29, 0.717) is 30.7 Å². The summed E-state index contributed by atoms with van der Waals surface area (Å²) in [5.74, 6) is 1.55. The van der Waals surface area contributed by atoms with Crippen LogP contribution >= 0.6 is 0 Å². The number of hydrogen-bond donors (Lipinski definition) is 3. The highest BCUT2D eigenvalue weighted by Crippen LogP contribution is 2.43. The van der Waals surface area contributed by atoms with E-state index in [4.69, 9.17) is 4.99 Å². The summed E-state index contributed by atoms with van der Waals surface area (Å²) in [5, 5.41) is 9.34. The minimum atomic E-state index is -2.97. The van der Waals surface area contributed by atoms with Crippen LogP contribution in [0, 0.1) is 11.3 Å². The summed E-state index contributed by atoms with van der Waals surface area (Å²) in [6.07, 6.45) is 7.12. The van der Waals surface area contributed by atoms with E-state index >= 15 is 0 Å². The van der Waals surface area contributed by atoms with Crippen LogP contribution in [-0.4, -0.2) is 57.5 Å². The third kappa shape index (κ3) is 7.60. The number of carbonyl (C=O) groups is 1. The first-order valence-corrected chi connectivity index (χ1v) is 12.6. The molecule has 8 heteroatoms. The third-order valence-electron chi connectivity index (χ3n) is 5.66. The van der Waals surface area contributed by atoms with Gasteiger partial charge in [0.15, 0.2) is 15.8 Å². The lowest BCUT2D eigenvalue weighted by Gasteiger charge is -2.29. The Morgan fingerprint density at radius 1 is 1.21 bits per heavy atom. The molecule has 0 aromatic heterocycles. The van der Waals surface area contributed by atoms with Gasteiger partial charge in [0.05, 0.1) is 11.5 Å². The molecule has 162 valence electrons. The van der Waals surface area contributed by atoms with Crippen LogP contribution in [0.4, 0.5) is 0 Å². The van der Waals surface area contributed by atoms with Crippen LogP contribution in [0.15, 0.2) is 4.99 Å². The molecule has 0 radical (unpaired) electrons. The molecule has 0 bridgehead atoms. The van der Waals surface area contributed by atoms with E-state index in [9.17, 15) is 13.2 Å². The van der Waals surface area contributed by atoms with Gasteiger partial charge in [-0.2, -0.15) is 0 Å². The number of nitrogens with zero attached hydrogens (tertiary/aromatic N) is 1. The number of sulfone groups is 1. The van der Waals surface area contributed by atoms with Crippen molar-refractivity contribution in [2.75, 3.05) is 31.1 Å². The van der Waals surface area contributed by atoms with E-state index < -0.39 is 9.84 Å². The van der Waals surface area contributed by atoms with Crippen LogP contribution in [0.3, 0.4) is 0 Å². The van der Waals surface area contributed by atoms with Crippen LogP contribution in [0.5, 0.6) is 0 Å². The van der Waals surface area contributed by atoms with Crippen molar-refractivity contribution in [1.82, 2.24) is 16.0 Å². The maximum absolute atomic E-state index is 12.1. The van der Waals surface area contributed by atoms with Crippen molar-refractivity contribution in [3.05, 3.63) is 0 Å². The Morgan fingerprint density at radius 3 is 2.50 bits per heavy atom. The van der Waals surface area contributed by atoms with Crippen LogP contribution < -0.4 is 16.0 Å². The fraction of sp³-hybridized carbons (Fsp3) is 0.900. The number of amides is 1. The van der Waals surface area contributed by atoms with Crippen LogP contribution in [0.2, 0.25) is 0 Å². The van der Waals surface area contributed by atoms with Crippen LogP contribution in [0.25, 0.3) is 0 Å². The first kappa shape index (κ1) is 23.0. The number of carbonyl (C=O) groups excluding carboxylic acids is 1. The summed E-state index contributed by atoms with van der Waals surface area (Å²) in [6.45, 7) is 8.67. The maximum Gasteiger partial charge on any atom is 0.222 e. The van der Waals surface area contributed by atoms with Crippen LogP contribution in [0.1, 0.15) is 65.7 Å². The van der Waals surface area contributed by atoms with Gasteiger partial charge in [0.2, 0.25) is 5.91 Å². The van der Waals surface area contributed by atoms with Gasteiger partial charge in [-0.3, -0.25) is 9.79 Å². The molecule has 1 unspecified atom stereocenters. The Balaban J connectivity index is 1.80. The third-order valence-corrected chi connectivity index (χ3v) is 7.43. The fourth-order valence-electron chi connectivity index (χ4n) is 4.51. The molecule has 0 aromatic rings. The van der Waals surface area contributed by atoms with Gasteiger partial charge in [-0.1, -0.05) is 26.7 Å². The second-order valence-corrected chi connectivity index (χ2v) is 11.1. The second-order valence-electron chi connectivity index (χ2n) is 8.84. The molecular weight excluding hydrogens is 376 g/mol. The van der Waals surface area contributed by atoms with Crippen molar-refractivity contribution in [3.63, 3.8) is 0 Å². The summed E-state index contributed by atoms with van der Waals surface area (Å²) in [7, 11) is -2.97. The quantitative estimate of drug-likeness (QED) is 0.395. The zero-order valence-electron chi connectivity index (χ0n) is 17.7. The average Bonchev–Trinajstić information content (AvgIpc) is 3.18. The summed E-state index contributed by atoms with van der Waals surface area (Å²) in [5.41, 5.74) is 0.321. The highest BCUT2D eigenvalue weighted by molar-refractivity contribution is 7.91. The van der Waals surface area contributed by atoms with Crippen molar-refractivity contribution in [2.45, 2.75) is 71.8 Å². The zero-order valence-corrected chi connectivity index (χ0v) is 18.5. The summed E-state index contributed by atoms with van der Waals surface area (Å²) < 4.78 is 23.0. The topological polar surface area (TPSA) is 99.7 Å². The lowest BCUT2D eigenvalue weighted by atomic mass is 9.78. The monoisotopic (exact) mass is 414 g/mol. The van der Waals surface area contributed by atoms with Gasteiger partial charge in [-0.25, -0.2) is 8.42 Å². The molecule has 0 aromatic carbocycles. The molecule has 7 nitrogen and oxygen atoms in total. The minimum absolute atomic E-state index is 0.0637. The van der Waals surface area contributed by atoms with Gasteiger partial charge >= 0.3 is 0 Å². The molecule has 28 heavy (non-hydrogen) atoms. The van der Waals surface area contributed by atoms with Crippen molar-refractivity contribution in [3.8, 4) is 0 Å². The highest BCUT2D eigenvalue weighted by atomic mass is 32.2. The van der Waals surface area contributed by atoms with Crippen LogP contribution in [-0.2, 0) is 14.6 Å². The molecule has 2 fully saturated rings. The fourth-order valence-corrected chi connectivity index (χ4v) is 6.18. The Kier molecular flexibility index (Phi) is 8.58. The summed E-state index contributed by atoms with van der Waals surface area (Å²) >= 11 is 0. The number of rotatable bonds is 9. The van der Waals surface area contributed by atoms with Crippen molar-refractivity contribution in [1.29, 1.82) is 0 Å². The average molecular weight is 415 g/mol. The van der Waals surface area contributed by atoms with Gasteiger partial charge in [0.25, 0.3) is 0 Å². The first-order chi connectivity index (χ1) is 13.2. The molecule has 3 N–H and O–H groups in total. The van der Waals surface area contributed by atoms with Crippen molar-refractivity contribution < 1.29 is 13.2 Å². The lowest BCUT2D eigenvalue weighted by molar-refractivity contribution is -0.121. The molecule has 1 atom stereocenters. The van der Waals surface area contributed by atoms with Gasteiger partial charge in [0.1, 0.15) is 0 Å². The molecule has 0 spiro atoms. The zero-order chi connectivity index (χ0) is 20.6. The SMILES string of the molecule is CCNC(=NCC1(CC(C)C)CCCC1)NCCC(=O)NC1CCS(=O)(=O)C1. The number of guanidine groups is 1. The molecule has 1 heterocycles. The highest BCUT2D eigenvalue weighted by Gasteiger charge is 2.34. The van der Waals surface area contributed by atoms with Gasteiger partial charge in [0, 0.05) is 32.1 Å². The minimum Gasteiger partial charge on any atom is -0.357 e.